The molecule has 1 rings (SSSR count). The van der Waals surface area contributed by atoms with Gasteiger partial charge in [0.15, 0.2) is 0 Å². The van der Waals surface area contributed by atoms with Gasteiger partial charge >= 0.3 is 0 Å². The maximum Gasteiger partial charge on any atom is 0.0623 e. The first-order chi connectivity index (χ1) is 6.59. The van der Waals surface area contributed by atoms with Crippen molar-refractivity contribution in [2.24, 2.45) is 17.6 Å². The smallest absolute Gasteiger partial charge is 0.0623 e. The van der Waals surface area contributed by atoms with E-state index in [0.717, 1.165) is 12.5 Å². The molecule has 1 atom stereocenters. The van der Waals surface area contributed by atoms with Gasteiger partial charge in [0.05, 0.1) is 12.7 Å². The molecule has 2 nitrogen and oxygen atoms in total. The van der Waals surface area contributed by atoms with Crippen LogP contribution in [-0.2, 0) is 4.74 Å². The van der Waals surface area contributed by atoms with Crippen LogP contribution in [0.25, 0.3) is 0 Å². The van der Waals surface area contributed by atoms with Crippen molar-refractivity contribution >= 4 is 0 Å². The molecule has 1 aliphatic rings. The van der Waals surface area contributed by atoms with Crippen molar-refractivity contribution in [1.29, 1.82) is 0 Å². The van der Waals surface area contributed by atoms with E-state index >= 15 is 0 Å². The van der Waals surface area contributed by atoms with E-state index in [1.54, 1.807) is 0 Å². The quantitative estimate of drug-likeness (QED) is 0.755. The summed E-state index contributed by atoms with van der Waals surface area (Å²) in [6, 6.07) is 0.255. The lowest BCUT2D eigenvalue weighted by molar-refractivity contribution is 0.0506. The molecular formula is C12H25NO. The number of hydrogen-bond acceptors (Lipinski definition) is 2. The molecule has 2 heteroatoms. The summed E-state index contributed by atoms with van der Waals surface area (Å²) in [5.74, 6) is 1.61. The Balaban J connectivity index is 2.20. The van der Waals surface area contributed by atoms with Crippen molar-refractivity contribution in [3.63, 3.8) is 0 Å². The summed E-state index contributed by atoms with van der Waals surface area (Å²) in [5, 5.41) is 0. The number of rotatable bonds is 4. The van der Waals surface area contributed by atoms with Crippen LogP contribution in [0.4, 0.5) is 0 Å². The van der Waals surface area contributed by atoms with E-state index in [1.165, 1.54) is 25.7 Å². The summed E-state index contributed by atoms with van der Waals surface area (Å²) in [5.41, 5.74) is 6.12. The summed E-state index contributed by atoms with van der Waals surface area (Å²) in [7, 11) is 0. The molecule has 0 bridgehead atoms. The molecule has 0 aromatic heterocycles. The molecule has 14 heavy (non-hydrogen) atoms. The summed E-state index contributed by atoms with van der Waals surface area (Å²) >= 11 is 0. The number of ether oxygens (including phenoxy) is 1. The van der Waals surface area contributed by atoms with E-state index in [4.69, 9.17) is 10.5 Å². The van der Waals surface area contributed by atoms with Gasteiger partial charge in [-0.25, -0.2) is 0 Å². The third-order valence-electron chi connectivity index (χ3n) is 3.29. The third kappa shape index (κ3) is 3.97. The lowest BCUT2D eigenvalue weighted by atomic mass is 9.80. The summed E-state index contributed by atoms with van der Waals surface area (Å²) in [6.45, 7) is 7.20. The predicted octanol–water partition coefficient (Wildman–Crippen LogP) is 2.57. The Morgan fingerprint density at radius 2 is 1.79 bits per heavy atom. The van der Waals surface area contributed by atoms with Crippen LogP contribution >= 0.6 is 0 Å². The molecule has 2 N–H and O–H groups in total. The molecule has 1 unspecified atom stereocenters. The molecule has 0 saturated heterocycles. The highest BCUT2D eigenvalue weighted by molar-refractivity contribution is 4.78. The zero-order valence-electron chi connectivity index (χ0n) is 9.83. The standard InChI is InChI=1S/C12H25NO/c1-9(2)14-8-12(13)11-6-4-10(3)5-7-11/h9-12H,4-8,13H2,1-3H3. The largest absolute Gasteiger partial charge is 0.377 e. The van der Waals surface area contributed by atoms with Crippen LogP contribution in [0.3, 0.4) is 0 Å². The zero-order valence-corrected chi connectivity index (χ0v) is 9.83. The van der Waals surface area contributed by atoms with Crippen molar-refractivity contribution < 1.29 is 4.74 Å². The fourth-order valence-electron chi connectivity index (χ4n) is 2.15. The van der Waals surface area contributed by atoms with E-state index < -0.39 is 0 Å². The Hall–Kier alpha value is -0.0800. The van der Waals surface area contributed by atoms with Gasteiger partial charge in [-0.05, 0) is 38.5 Å². The molecule has 0 aliphatic heterocycles. The molecule has 1 aliphatic carbocycles. The highest BCUT2D eigenvalue weighted by Gasteiger charge is 2.23. The van der Waals surface area contributed by atoms with Gasteiger partial charge < -0.3 is 10.5 Å². The van der Waals surface area contributed by atoms with E-state index in [1.807, 2.05) is 0 Å². The molecule has 0 aromatic carbocycles. The Morgan fingerprint density at radius 1 is 1.21 bits per heavy atom. The van der Waals surface area contributed by atoms with Gasteiger partial charge in [0, 0.05) is 6.04 Å². The first-order valence-electron chi connectivity index (χ1n) is 5.96. The summed E-state index contributed by atoms with van der Waals surface area (Å²) < 4.78 is 5.56. The fourth-order valence-corrected chi connectivity index (χ4v) is 2.15. The average Bonchev–Trinajstić information content (AvgIpc) is 2.15. The van der Waals surface area contributed by atoms with Crippen LogP contribution in [0.5, 0.6) is 0 Å². The molecule has 1 fully saturated rings. The lowest BCUT2D eigenvalue weighted by Gasteiger charge is -2.30. The second kappa shape index (κ2) is 5.72. The fraction of sp³-hybridized carbons (Fsp3) is 1.00. The minimum atomic E-state index is 0.255. The zero-order chi connectivity index (χ0) is 10.6. The van der Waals surface area contributed by atoms with E-state index in [0.29, 0.717) is 12.0 Å². The van der Waals surface area contributed by atoms with E-state index in [-0.39, 0.29) is 6.04 Å². The van der Waals surface area contributed by atoms with Crippen LogP contribution in [0, 0.1) is 11.8 Å². The number of nitrogens with two attached hydrogens (primary N) is 1. The number of hydrogen-bond donors (Lipinski definition) is 1. The second-order valence-electron chi connectivity index (χ2n) is 5.07. The maximum atomic E-state index is 6.12. The Bertz CT molecular complexity index is 150. The van der Waals surface area contributed by atoms with Crippen LogP contribution in [-0.4, -0.2) is 18.8 Å². The molecular weight excluding hydrogens is 174 g/mol. The molecule has 0 radical (unpaired) electrons. The van der Waals surface area contributed by atoms with Gasteiger partial charge in [-0.3, -0.25) is 0 Å². The molecule has 0 amide bonds. The highest BCUT2D eigenvalue weighted by atomic mass is 16.5. The van der Waals surface area contributed by atoms with Crippen LogP contribution < -0.4 is 5.73 Å². The molecule has 0 spiro atoms. The van der Waals surface area contributed by atoms with Crippen LogP contribution in [0.1, 0.15) is 46.5 Å². The normalized spacial score (nSPS) is 30.6. The highest BCUT2D eigenvalue weighted by Crippen LogP contribution is 2.29. The minimum absolute atomic E-state index is 0.255. The summed E-state index contributed by atoms with van der Waals surface area (Å²) in [4.78, 5) is 0. The minimum Gasteiger partial charge on any atom is -0.377 e. The van der Waals surface area contributed by atoms with Crippen molar-refractivity contribution in [1.82, 2.24) is 0 Å². The third-order valence-corrected chi connectivity index (χ3v) is 3.29. The Kier molecular flexibility index (Phi) is 4.90. The van der Waals surface area contributed by atoms with Crippen molar-refractivity contribution in [2.75, 3.05) is 6.61 Å². The molecule has 84 valence electrons. The predicted molar refractivity (Wildman–Crippen MR) is 60.2 cm³/mol. The van der Waals surface area contributed by atoms with Crippen molar-refractivity contribution in [3.8, 4) is 0 Å². The van der Waals surface area contributed by atoms with Gasteiger partial charge in [0.2, 0.25) is 0 Å². The van der Waals surface area contributed by atoms with Crippen LogP contribution in [0.2, 0.25) is 0 Å². The van der Waals surface area contributed by atoms with E-state index in [9.17, 15) is 0 Å². The van der Waals surface area contributed by atoms with Crippen LogP contribution in [0.15, 0.2) is 0 Å². The van der Waals surface area contributed by atoms with Gasteiger partial charge in [0.1, 0.15) is 0 Å². The second-order valence-corrected chi connectivity index (χ2v) is 5.07. The first kappa shape index (κ1) is 12.0. The molecule has 0 heterocycles. The van der Waals surface area contributed by atoms with Gasteiger partial charge in [-0.2, -0.15) is 0 Å². The van der Waals surface area contributed by atoms with Gasteiger partial charge in [-0.1, -0.05) is 19.8 Å². The first-order valence-corrected chi connectivity index (χ1v) is 5.96. The lowest BCUT2D eigenvalue weighted by Crippen LogP contribution is -2.37. The van der Waals surface area contributed by atoms with Crippen molar-refractivity contribution in [3.05, 3.63) is 0 Å². The van der Waals surface area contributed by atoms with E-state index in [2.05, 4.69) is 20.8 Å². The average molecular weight is 199 g/mol. The van der Waals surface area contributed by atoms with Crippen molar-refractivity contribution in [2.45, 2.75) is 58.6 Å². The SMILES string of the molecule is CC1CCC(C(N)COC(C)C)CC1. The topological polar surface area (TPSA) is 35.2 Å². The van der Waals surface area contributed by atoms with Gasteiger partial charge in [-0.15, -0.1) is 0 Å². The summed E-state index contributed by atoms with van der Waals surface area (Å²) in [6.07, 6.45) is 5.59. The molecule has 1 saturated carbocycles. The van der Waals surface area contributed by atoms with Gasteiger partial charge in [0.25, 0.3) is 0 Å². The maximum absolute atomic E-state index is 6.12. The molecule has 0 aromatic rings. The Labute approximate surface area is 88.2 Å². The Morgan fingerprint density at radius 3 is 2.29 bits per heavy atom. The monoisotopic (exact) mass is 199 g/mol.